The Kier molecular flexibility index (Phi) is 7.42. The number of aromatic nitrogens is 2. The number of halogens is 1. The van der Waals surface area contributed by atoms with Gasteiger partial charge in [0, 0.05) is 24.8 Å². The van der Waals surface area contributed by atoms with Crippen molar-refractivity contribution in [1.29, 1.82) is 0 Å². The van der Waals surface area contributed by atoms with Crippen LogP contribution in [0.2, 0.25) is 0 Å². The molecule has 0 spiro atoms. The summed E-state index contributed by atoms with van der Waals surface area (Å²) in [6.45, 7) is 7.91. The van der Waals surface area contributed by atoms with Crippen LogP contribution in [0.5, 0.6) is 0 Å². The quantitative estimate of drug-likeness (QED) is 0.870. The lowest BCUT2D eigenvalue weighted by Crippen LogP contribution is -2.36. The Balaban J connectivity index is 0.00000180. The van der Waals surface area contributed by atoms with Crippen LogP contribution in [-0.2, 0) is 13.1 Å². The number of nitrogens with zero attached hydrogens (tertiary/aromatic N) is 3. The van der Waals surface area contributed by atoms with Gasteiger partial charge in [0.15, 0.2) is 0 Å². The minimum Gasteiger partial charge on any atom is -0.319 e. The zero-order valence-corrected chi connectivity index (χ0v) is 13.0. The molecular weight excluding hydrogens is 260 g/mol. The lowest BCUT2D eigenvalue weighted by atomic mass is 9.97. The molecule has 0 radical (unpaired) electrons. The summed E-state index contributed by atoms with van der Waals surface area (Å²) in [6, 6.07) is 0. The standard InChI is InChI=1S/C14H26N4.ClH/c1-3-6-18-12-14(10-16-18)11-17-7-4-13(5-8-17)9-15-2;/h10,12-13,15H,3-9,11H2,1-2H3;1H. The van der Waals surface area contributed by atoms with Crippen molar-refractivity contribution >= 4 is 12.4 Å². The molecule has 110 valence electrons. The Morgan fingerprint density at radius 2 is 2.11 bits per heavy atom. The summed E-state index contributed by atoms with van der Waals surface area (Å²) in [6.07, 6.45) is 8.02. The lowest BCUT2D eigenvalue weighted by Gasteiger charge is -2.31. The maximum absolute atomic E-state index is 4.40. The van der Waals surface area contributed by atoms with Crippen LogP contribution < -0.4 is 5.32 Å². The Morgan fingerprint density at radius 1 is 1.37 bits per heavy atom. The second kappa shape index (κ2) is 8.56. The molecule has 0 atom stereocenters. The summed E-state index contributed by atoms with van der Waals surface area (Å²) in [4.78, 5) is 2.56. The first-order chi connectivity index (χ1) is 8.81. The average molecular weight is 287 g/mol. The highest BCUT2D eigenvalue weighted by molar-refractivity contribution is 5.85. The molecule has 2 rings (SSSR count). The van der Waals surface area contributed by atoms with Gasteiger partial charge in [-0.15, -0.1) is 12.4 Å². The van der Waals surface area contributed by atoms with E-state index in [1.54, 1.807) is 0 Å². The molecule has 1 saturated heterocycles. The molecule has 19 heavy (non-hydrogen) atoms. The van der Waals surface area contributed by atoms with Crippen molar-refractivity contribution in [2.75, 3.05) is 26.7 Å². The van der Waals surface area contributed by atoms with Crippen molar-refractivity contribution in [1.82, 2.24) is 20.0 Å². The van der Waals surface area contributed by atoms with Crippen LogP contribution in [0.3, 0.4) is 0 Å². The lowest BCUT2D eigenvalue weighted by molar-refractivity contribution is 0.176. The summed E-state index contributed by atoms with van der Waals surface area (Å²) >= 11 is 0. The van der Waals surface area contributed by atoms with Crippen molar-refractivity contribution in [2.24, 2.45) is 5.92 Å². The third-order valence-corrected chi connectivity index (χ3v) is 3.75. The molecule has 1 aromatic rings. The topological polar surface area (TPSA) is 33.1 Å². The van der Waals surface area contributed by atoms with E-state index in [-0.39, 0.29) is 12.4 Å². The fourth-order valence-corrected chi connectivity index (χ4v) is 2.73. The minimum absolute atomic E-state index is 0. The molecule has 0 amide bonds. The predicted octanol–water partition coefficient (Wildman–Crippen LogP) is 2.15. The molecule has 1 aliphatic heterocycles. The summed E-state index contributed by atoms with van der Waals surface area (Å²) in [5.41, 5.74) is 1.36. The Bertz CT molecular complexity index is 345. The molecule has 0 unspecified atom stereocenters. The van der Waals surface area contributed by atoms with Crippen LogP contribution in [0, 0.1) is 5.92 Å². The van der Waals surface area contributed by atoms with Crippen LogP contribution in [0.1, 0.15) is 31.7 Å². The third-order valence-electron chi connectivity index (χ3n) is 3.75. The Labute approximate surface area is 123 Å². The van der Waals surface area contributed by atoms with E-state index in [1.807, 2.05) is 6.20 Å². The molecule has 4 nitrogen and oxygen atoms in total. The van der Waals surface area contributed by atoms with Gasteiger partial charge in [-0.2, -0.15) is 5.10 Å². The monoisotopic (exact) mass is 286 g/mol. The fourth-order valence-electron chi connectivity index (χ4n) is 2.73. The summed E-state index contributed by atoms with van der Waals surface area (Å²) in [5, 5.41) is 7.68. The van der Waals surface area contributed by atoms with Crippen LogP contribution in [0.15, 0.2) is 12.4 Å². The van der Waals surface area contributed by atoms with Gasteiger partial charge in [-0.3, -0.25) is 9.58 Å². The zero-order valence-electron chi connectivity index (χ0n) is 12.1. The fraction of sp³-hybridized carbons (Fsp3) is 0.786. The van der Waals surface area contributed by atoms with Crippen molar-refractivity contribution in [3.63, 3.8) is 0 Å². The molecule has 1 aromatic heterocycles. The maximum atomic E-state index is 4.40. The third kappa shape index (κ3) is 5.13. The smallest absolute Gasteiger partial charge is 0.0534 e. The number of hydrogen-bond acceptors (Lipinski definition) is 3. The first-order valence-electron chi connectivity index (χ1n) is 7.20. The summed E-state index contributed by atoms with van der Waals surface area (Å²) < 4.78 is 2.06. The second-order valence-electron chi connectivity index (χ2n) is 5.39. The largest absolute Gasteiger partial charge is 0.319 e. The number of aryl methyl sites for hydroxylation is 1. The molecule has 2 heterocycles. The Hall–Kier alpha value is -0.580. The first-order valence-corrected chi connectivity index (χ1v) is 7.20. The number of likely N-dealkylation sites (tertiary alicyclic amines) is 1. The van der Waals surface area contributed by atoms with Crippen molar-refractivity contribution in [3.05, 3.63) is 18.0 Å². The Morgan fingerprint density at radius 3 is 2.74 bits per heavy atom. The van der Waals surface area contributed by atoms with Gasteiger partial charge >= 0.3 is 0 Å². The van der Waals surface area contributed by atoms with E-state index in [1.165, 1.54) is 38.0 Å². The van der Waals surface area contributed by atoms with Gasteiger partial charge < -0.3 is 5.32 Å². The highest BCUT2D eigenvalue weighted by Crippen LogP contribution is 2.18. The van der Waals surface area contributed by atoms with E-state index in [9.17, 15) is 0 Å². The molecule has 0 aliphatic carbocycles. The van der Waals surface area contributed by atoms with E-state index in [0.717, 1.165) is 25.4 Å². The van der Waals surface area contributed by atoms with Crippen LogP contribution in [-0.4, -0.2) is 41.4 Å². The molecule has 5 heteroatoms. The van der Waals surface area contributed by atoms with E-state index in [4.69, 9.17) is 0 Å². The summed E-state index contributed by atoms with van der Waals surface area (Å²) in [7, 11) is 2.05. The number of hydrogen-bond donors (Lipinski definition) is 1. The molecule has 0 aromatic carbocycles. The molecule has 0 saturated carbocycles. The highest BCUT2D eigenvalue weighted by Gasteiger charge is 2.18. The van der Waals surface area contributed by atoms with Crippen LogP contribution in [0.4, 0.5) is 0 Å². The minimum atomic E-state index is 0. The van der Waals surface area contributed by atoms with E-state index < -0.39 is 0 Å². The normalized spacial score (nSPS) is 17.4. The van der Waals surface area contributed by atoms with Crippen LogP contribution in [0.25, 0.3) is 0 Å². The number of nitrogens with one attached hydrogen (secondary N) is 1. The SMILES string of the molecule is CCCn1cc(CN2CCC(CNC)CC2)cn1.Cl. The van der Waals surface area contributed by atoms with Gasteiger partial charge in [0.05, 0.1) is 6.20 Å². The van der Waals surface area contributed by atoms with Gasteiger partial charge in [0.1, 0.15) is 0 Å². The molecule has 1 fully saturated rings. The molecular formula is C14H27ClN4. The van der Waals surface area contributed by atoms with E-state index in [2.05, 4.69) is 40.2 Å². The van der Waals surface area contributed by atoms with E-state index in [0.29, 0.717) is 0 Å². The first kappa shape index (κ1) is 16.5. The molecule has 1 N–H and O–H groups in total. The van der Waals surface area contributed by atoms with Crippen molar-refractivity contribution in [2.45, 2.75) is 39.3 Å². The van der Waals surface area contributed by atoms with Gasteiger partial charge in [-0.1, -0.05) is 6.92 Å². The van der Waals surface area contributed by atoms with Crippen molar-refractivity contribution < 1.29 is 0 Å². The highest BCUT2D eigenvalue weighted by atomic mass is 35.5. The average Bonchev–Trinajstić information content (AvgIpc) is 2.80. The number of piperidine rings is 1. The second-order valence-corrected chi connectivity index (χ2v) is 5.39. The van der Waals surface area contributed by atoms with E-state index >= 15 is 0 Å². The maximum Gasteiger partial charge on any atom is 0.0534 e. The van der Waals surface area contributed by atoms with Gasteiger partial charge in [-0.05, 0) is 51.9 Å². The van der Waals surface area contributed by atoms with Crippen LogP contribution >= 0.6 is 12.4 Å². The summed E-state index contributed by atoms with van der Waals surface area (Å²) in [5.74, 6) is 0.870. The van der Waals surface area contributed by atoms with Crippen molar-refractivity contribution in [3.8, 4) is 0 Å². The van der Waals surface area contributed by atoms with Gasteiger partial charge in [0.2, 0.25) is 0 Å². The van der Waals surface area contributed by atoms with Gasteiger partial charge in [0.25, 0.3) is 0 Å². The number of rotatable bonds is 6. The zero-order chi connectivity index (χ0) is 12.8. The molecule has 0 bridgehead atoms. The molecule has 1 aliphatic rings. The predicted molar refractivity (Wildman–Crippen MR) is 81.7 cm³/mol. The van der Waals surface area contributed by atoms with Gasteiger partial charge in [-0.25, -0.2) is 0 Å².